The Bertz CT molecular complexity index is 1140. The van der Waals surface area contributed by atoms with E-state index in [-0.39, 0.29) is 17.8 Å². The number of halogens is 2. The molecule has 0 N–H and O–H groups in total. The van der Waals surface area contributed by atoms with Crippen molar-refractivity contribution in [2.24, 2.45) is 0 Å². The molecule has 0 spiro atoms. The Hall–Kier alpha value is -2.34. The Labute approximate surface area is 162 Å². The molecule has 7 heteroatoms. The Morgan fingerprint density at radius 2 is 1.85 bits per heavy atom. The fourth-order valence-corrected chi connectivity index (χ4v) is 3.56. The first kappa shape index (κ1) is 17.1. The summed E-state index contributed by atoms with van der Waals surface area (Å²) in [5.74, 6) is 0.511. The third-order valence-corrected chi connectivity index (χ3v) is 5.09. The van der Waals surface area contributed by atoms with Crippen molar-refractivity contribution < 1.29 is 9.15 Å². The number of ether oxygens (including phenoxy) is 1. The molecule has 0 aliphatic carbocycles. The first-order valence-corrected chi connectivity index (χ1v) is 9.24. The van der Waals surface area contributed by atoms with Crippen molar-refractivity contribution in [3.63, 3.8) is 0 Å². The predicted octanol–water partition coefficient (Wildman–Crippen LogP) is 5.80. The maximum Gasteiger partial charge on any atom is 0.235 e. The van der Waals surface area contributed by atoms with Gasteiger partial charge in [-0.05, 0) is 36.4 Å². The normalized spacial score (nSPS) is 11.0. The maximum absolute atomic E-state index is 13.0. The molecule has 2 heterocycles. The molecule has 0 aliphatic heterocycles. The number of hydrogen-bond donors (Lipinski definition) is 0. The second kappa shape index (κ2) is 7.11. The van der Waals surface area contributed by atoms with Crippen molar-refractivity contribution >= 4 is 45.5 Å². The quantitative estimate of drug-likeness (QED) is 0.431. The van der Waals surface area contributed by atoms with E-state index < -0.39 is 0 Å². The highest BCUT2D eigenvalue weighted by molar-refractivity contribution is 7.15. The van der Waals surface area contributed by atoms with Crippen LogP contribution in [0, 0.1) is 0 Å². The molecule has 0 saturated carbocycles. The molecular formula is C19H11Cl2NO3S. The van der Waals surface area contributed by atoms with Crippen LogP contribution < -0.4 is 10.2 Å². The van der Waals surface area contributed by atoms with Gasteiger partial charge in [0.15, 0.2) is 10.2 Å². The van der Waals surface area contributed by atoms with Crippen molar-refractivity contribution in [1.29, 1.82) is 0 Å². The van der Waals surface area contributed by atoms with Gasteiger partial charge in [0.25, 0.3) is 0 Å². The van der Waals surface area contributed by atoms with E-state index in [4.69, 9.17) is 32.4 Å². The van der Waals surface area contributed by atoms with Crippen LogP contribution in [0.15, 0.2) is 63.9 Å². The van der Waals surface area contributed by atoms with Crippen molar-refractivity contribution in [3.05, 3.63) is 79.3 Å². The van der Waals surface area contributed by atoms with E-state index >= 15 is 0 Å². The van der Waals surface area contributed by atoms with Gasteiger partial charge in [0.1, 0.15) is 12.2 Å². The number of hydrogen-bond acceptors (Lipinski definition) is 5. The lowest BCUT2D eigenvalue weighted by Crippen LogP contribution is -2.09. The van der Waals surface area contributed by atoms with Gasteiger partial charge >= 0.3 is 0 Å². The first-order chi connectivity index (χ1) is 12.6. The number of thiazole rings is 1. The minimum atomic E-state index is -0.229. The molecule has 0 unspecified atom stereocenters. The number of benzene rings is 2. The van der Waals surface area contributed by atoms with Gasteiger partial charge in [0.2, 0.25) is 11.2 Å². The van der Waals surface area contributed by atoms with Gasteiger partial charge in [-0.15, -0.1) is 11.3 Å². The van der Waals surface area contributed by atoms with E-state index in [1.807, 2.05) is 6.07 Å². The lowest BCUT2D eigenvalue weighted by molar-refractivity contribution is 0.301. The van der Waals surface area contributed by atoms with E-state index in [1.54, 1.807) is 48.7 Å². The molecule has 130 valence electrons. The summed E-state index contributed by atoms with van der Waals surface area (Å²) in [6.45, 7) is 0.175. The van der Waals surface area contributed by atoms with Crippen LogP contribution in [-0.2, 0) is 6.61 Å². The van der Waals surface area contributed by atoms with Gasteiger partial charge in [-0.1, -0.05) is 35.3 Å². The van der Waals surface area contributed by atoms with Crippen molar-refractivity contribution in [3.8, 4) is 17.1 Å². The molecule has 0 saturated heterocycles. The lowest BCUT2D eigenvalue weighted by Gasteiger charge is -2.11. The van der Waals surface area contributed by atoms with Gasteiger partial charge in [0.05, 0.1) is 10.3 Å². The summed E-state index contributed by atoms with van der Waals surface area (Å²) in [6.07, 6.45) is 1.62. The van der Waals surface area contributed by atoms with E-state index in [1.165, 1.54) is 11.3 Å². The molecule has 4 rings (SSSR count). The lowest BCUT2D eigenvalue weighted by atomic mass is 10.1. The Balaban J connectivity index is 1.84. The number of para-hydroxylation sites is 1. The third kappa shape index (κ3) is 3.33. The van der Waals surface area contributed by atoms with Crippen LogP contribution in [0.4, 0.5) is 0 Å². The monoisotopic (exact) mass is 403 g/mol. The minimum absolute atomic E-state index is 0.149. The summed E-state index contributed by atoms with van der Waals surface area (Å²) in [7, 11) is 0. The first-order valence-electron chi connectivity index (χ1n) is 7.66. The average molecular weight is 404 g/mol. The highest BCUT2D eigenvalue weighted by Gasteiger charge is 2.18. The van der Waals surface area contributed by atoms with Crippen LogP contribution in [0.5, 0.6) is 5.75 Å². The summed E-state index contributed by atoms with van der Waals surface area (Å²) in [4.78, 5) is 17.8. The molecule has 0 atom stereocenters. The molecule has 4 nitrogen and oxygen atoms in total. The SMILES string of the molecule is O=c1c(OCc2cnc(Cl)s2)c(-c2ccc(Cl)cc2)oc2ccccc12. The highest BCUT2D eigenvalue weighted by Crippen LogP contribution is 2.32. The molecule has 0 radical (unpaired) electrons. The van der Waals surface area contributed by atoms with E-state index in [0.29, 0.717) is 31.8 Å². The van der Waals surface area contributed by atoms with Crippen LogP contribution in [0.3, 0.4) is 0 Å². The average Bonchev–Trinajstić information content (AvgIpc) is 3.07. The van der Waals surface area contributed by atoms with Crippen LogP contribution in [0.2, 0.25) is 9.49 Å². The molecule has 0 fully saturated rings. The van der Waals surface area contributed by atoms with Crippen LogP contribution in [0.1, 0.15) is 4.88 Å². The van der Waals surface area contributed by atoms with Gasteiger partial charge < -0.3 is 9.15 Å². The van der Waals surface area contributed by atoms with E-state index in [2.05, 4.69) is 4.98 Å². The van der Waals surface area contributed by atoms with Gasteiger partial charge in [-0.2, -0.15) is 0 Å². The summed E-state index contributed by atoms with van der Waals surface area (Å²) in [5, 5.41) is 1.06. The standard InChI is InChI=1S/C19H11Cl2NO3S/c20-12-7-5-11(6-8-12)17-18(24-10-13-9-22-19(21)26-13)16(23)14-3-1-2-4-15(14)25-17/h1-9H,10H2. The summed E-state index contributed by atoms with van der Waals surface area (Å²) < 4.78 is 12.2. The van der Waals surface area contributed by atoms with Crippen LogP contribution >= 0.6 is 34.5 Å². The third-order valence-electron chi connectivity index (χ3n) is 3.75. The fraction of sp³-hybridized carbons (Fsp3) is 0.0526. The van der Waals surface area contributed by atoms with Gasteiger partial charge in [-0.3, -0.25) is 4.79 Å². The Morgan fingerprint density at radius 1 is 1.08 bits per heavy atom. The molecule has 0 aliphatic rings. The number of rotatable bonds is 4. The molecule has 2 aromatic heterocycles. The maximum atomic E-state index is 13.0. The number of aromatic nitrogens is 1. The zero-order valence-electron chi connectivity index (χ0n) is 13.2. The smallest absolute Gasteiger partial charge is 0.235 e. The van der Waals surface area contributed by atoms with Crippen LogP contribution in [0.25, 0.3) is 22.3 Å². The topological polar surface area (TPSA) is 52.3 Å². The minimum Gasteiger partial charge on any atom is -0.480 e. The van der Waals surface area contributed by atoms with Crippen LogP contribution in [-0.4, -0.2) is 4.98 Å². The van der Waals surface area contributed by atoms with Gasteiger partial charge in [-0.25, -0.2) is 4.98 Å². The predicted molar refractivity (Wildman–Crippen MR) is 104 cm³/mol. The van der Waals surface area contributed by atoms with Crippen molar-refractivity contribution in [1.82, 2.24) is 4.98 Å². The largest absolute Gasteiger partial charge is 0.480 e. The second-order valence-electron chi connectivity index (χ2n) is 5.46. The van der Waals surface area contributed by atoms with E-state index in [9.17, 15) is 4.79 Å². The molecular weight excluding hydrogens is 393 g/mol. The second-order valence-corrected chi connectivity index (χ2v) is 7.59. The fourth-order valence-electron chi connectivity index (χ4n) is 2.54. The Kier molecular flexibility index (Phi) is 4.68. The zero-order valence-corrected chi connectivity index (χ0v) is 15.6. The summed E-state index contributed by atoms with van der Waals surface area (Å²) in [6, 6.07) is 14.1. The summed E-state index contributed by atoms with van der Waals surface area (Å²) >= 11 is 13.1. The molecule has 2 aromatic carbocycles. The zero-order chi connectivity index (χ0) is 18.1. The van der Waals surface area contributed by atoms with Gasteiger partial charge in [0, 0.05) is 16.8 Å². The van der Waals surface area contributed by atoms with E-state index in [0.717, 1.165) is 4.88 Å². The number of fused-ring (bicyclic) bond motifs is 1. The highest BCUT2D eigenvalue weighted by atomic mass is 35.5. The Morgan fingerprint density at radius 3 is 2.58 bits per heavy atom. The van der Waals surface area contributed by atoms with Crippen molar-refractivity contribution in [2.75, 3.05) is 0 Å². The summed E-state index contributed by atoms with van der Waals surface area (Å²) in [5.41, 5.74) is 0.970. The molecule has 0 amide bonds. The molecule has 0 bridgehead atoms. The molecule has 4 aromatic rings. The van der Waals surface area contributed by atoms with Crippen molar-refractivity contribution in [2.45, 2.75) is 6.61 Å². The molecule has 26 heavy (non-hydrogen) atoms. The number of nitrogens with zero attached hydrogens (tertiary/aromatic N) is 1.